The van der Waals surface area contributed by atoms with Gasteiger partial charge in [0.15, 0.2) is 0 Å². The largest absolute Gasteiger partial charge is 0.444 e. The SMILES string of the molecule is CC(C)(C)OC(=O)N[C@H](CCl)Cc1ccc(-c2ccccc2)cc1. The lowest BCUT2D eigenvalue weighted by Crippen LogP contribution is -2.41. The first-order valence-corrected chi connectivity index (χ1v) is 8.60. The third-order valence-corrected chi connectivity index (χ3v) is 3.82. The van der Waals surface area contributed by atoms with Crippen LogP contribution in [0.3, 0.4) is 0 Å². The van der Waals surface area contributed by atoms with E-state index in [9.17, 15) is 4.79 Å². The highest BCUT2D eigenvalue weighted by Gasteiger charge is 2.19. The van der Waals surface area contributed by atoms with Crippen LogP contribution in [0.2, 0.25) is 0 Å². The molecule has 0 fully saturated rings. The normalized spacial score (nSPS) is 12.5. The smallest absolute Gasteiger partial charge is 0.407 e. The number of nitrogens with one attached hydrogen (secondary N) is 1. The van der Waals surface area contributed by atoms with Crippen molar-refractivity contribution in [2.45, 2.75) is 38.8 Å². The summed E-state index contributed by atoms with van der Waals surface area (Å²) in [5, 5.41) is 2.82. The van der Waals surface area contributed by atoms with E-state index in [-0.39, 0.29) is 6.04 Å². The maximum atomic E-state index is 11.9. The Labute approximate surface area is 149 Å². The van der Waals surface area contributed by atoms with Gasteiger partial charge in [-0.15, -0.1) is 11.6 Å². The first kappa shape index (κ1) is 18.3. The Morgan fingerprint density at radius 3 is 2.17 bits per heavy atom. The van der Waals surface area contributed by atoms with Crippen molar-refractivity contribution in [3.63, 3.8) is 0 Å². The molecule has 2 aromatic rings. The predicted octanol–water partition coefficient (Wildman–Crippen LogP) is 5.03. The van der Waals surface area contributed by atoms with Gasteiger partial charge in [0.1, 0.15) is 5.60 Å². The number of carbonyl (C=O) groups is 1. The number of carbonyl (C=O) groups excluding carboxylic acids is 1. The summed E-state index contributed by atoms with van der Waals surface area (Å²) in [6, 6.07) is 18.4. The number of rotatable bonds is 5. The van der Waals surface area contributed by atoms with Crippen molar-refractivity contribution in [3.05, 3.63) is 60.2 Å². The monoisotopic (exact) mass is 345 g/mol. The van der Waals surface area contributed by atoms with E-state index >= 15 is 0 Å². The maximum absolute atomic E-state index is 11.9. The number of hydrogen-bond acceptors (Lipinski definition) is 2. The van der Waals surface area contributed by atoms with E-state index < -0.39 is 11.7 Å². The van der Waals surface area contributed by atoms with Crippen LogP contribution in [0.25, 0.3) is 11.1 Å². The molecule has 1 atom stereocenters. The summed E-state index contributed by atoms with van der Waals surface area (Å²) >= 11 is 5.99. The topological polar surface area (TPSA) is 38.3 Å². The van der Waals surface area contributed by atoms with E-state index in [1.165, 1.54) is 11.1 Å². The first-order chi connectivity index (χ1) is 11.4. The minimum atomic E-state index is -0.516. The van der Waals surface area contributed by atoms with Crippen LogP contribution in [-0.2, 0) is 11.2 Å². The number of alkyl carbamates (subject to hydrolysis) is 1. The van der Waals surface area contributed by atoms with Gasteiger partial charge in [0.05, 0.1) is 0 Å². The second-order valence-corrected chi connectivity index (χ2v) is 7.07. The third kappa shape index (κ3) is 5.89. The van der Waals surface area contributed by atoms with Gasteiger partial charge in [-0.25, -0.2) is 4.79 Å². The fourth-order valence-corrected chi connectivity index (χ4v) is 2.55. The van der Waals surface area contributed by atoms with Crippen molar-refractivity contribution < 1.29 is 9.53 Å². The molecular weight excluding hydrogens is 322 g/mol. The molecule has 0 unspecified atom stereocenters. The molecule has 0 heterocycles. The summed E-state index contributed by atoms with van der Waals surface area (Å²) in [7, 11) is 0. The zero-order chi connectivity index (χ0) is 17.6. The lowest BCUT2D eigenvalue weighted by atomic mass is 10.0. The van der Waals surface area contributed by atoms with Crippen LogP contribution in [0.5, 0.6) is 0 Å². The molecule has 0 bridgehead atoms. The molecule has 2 rings (SSSR count). The molecule has 24 heavy (non-hydrogen) atoms. The van der Waals surface area contributed by atoms with Gasteiger partial charge in [-0.2, -0.15) is 0 Å². The number of benzene rings is 2. The number of ether oxygens (including phenoxy) is 1. The van der Waals surface area contributed by atoms with Crippen LogP contribution in [0.1, 0.15) is 26.3 Å². The van der Waals surface area contributed by atoms with Crippen LogP contribution in [0.15, 0.2) is 54.6 Å². The van der Waals surface area contributed by atoms with Crippen LogP contribution < -0.4 is 5.32 Å². The van der Waals surface area contributed by atoms with Crippen molar-refractivity contribution >= 4 is 17.7 Å². The van der Waals surface area contributed by atoms with Gasteiger partial charge >= 0.3 is 6.09 Å². The van der Waals surface area contributed by atoms with E-state index in [1.807, 2.05) is 39.0 Å². The number of amides is 1. The molecule has 0 saturated heterocycles. The standard InChI is InChI=1S/C20H24ClNO2/c1-20(2,3)24-19(23)22-18(14-21)13-15-9-11-17(12-10-15)16-7-5-4-6-8-16/h4-12,18H,13-14H2,1-3H3,(H,22,23)/t18-/m0/s1. The molecule has 4 heteroatoms. The highest BCUT2D eigenvalue weighted by molar-refractivity contribution is 6.18. The van der Waals surface area contributed by atoms with Gasteiger partial charge in [0.25, 0.3) is 0 Å². The van der Waals surface area contributed by atoms with Crippen LogP contribution in [0, 0.1) is 0 Å². The quantitative estimate of drug-likeness (QED) is 0.772. The van der Waals surface area contributed by atoms with E-state index in [4.69, 9.17) is 16.3 Å². The van der Waals surface area contributed by atoms with E-state index in [2.05, 4.69) is 41.7 Å². The molecule has 1 N–H and O–H groups in total. The Morgan fingerprint density at radius 1 is 1.04 bits per heavy atom. The van der Waals surface area contributed by atoms with E-state index in [0.29, 0.717) is 12.3 Å². The molecule has 0 aliphatic heterocycles. The molecule has 0 aliphatic carbocycles. The molecule has 128 valence electrons. The number of halogens is 1. The molecule has 2 aromatic carbocycles. The van der Waals surface area contributed by atoms with Crippen LogP contribution in [0.4, 0.5) is 4.79 Å². The summed E-state index contributed by atoms with van der Waals surface area (Å²) in [4.78, 5) is 11.9. The maximum Gasteiger partial charge on any atom is 0.407 e. The van der Waals surface area contributed by atoms with Crippen molar-refractivity contribution in [2.75, 3.05) is 5.88 Å². The van der Waals surface area contributed by atoms with Crippen molar-refractivity contribution in [3.8, 4) is 11.1 Å². The summed E-state index contributed by atoms with van der Waals surface area (Å²) in [5.74, 6) is 0.333. The Hall–Kier alpha value is -2.00. The van der Waals surface area contributed by atoms with Gasteiger partial charge in [0, 0.05) is 11.9 Å². The van der Waals surface area contributed by atoms with Crippen molar-refractivity contribution in [2.24, 2.45) is 0 Å². The highest BCUT2D eigenvalue weighted by atomic mass is 35.5. The first-order valence-electron chi connectivity index (χ1n) is 8.07. The number of hydrogen-bond donors (Lipinski definition) is 1. The molecule has 3 nitrogen and oxygen atoms in total. The van der Waals surface area contributed by atoms with Gasteiger partial charge in [-0.3, -0.25) is 0 Å². The molecular formula is C20H24ClNO2. The molecule has 0 saturated carbocycles. The Kier molecular flexibility index (Phi) is 6.27. The van der Waals surface area contributed by atoms with Gasteiger partial charge in [-0.1, -0.05) is 54.6 Å². The summed E-state index contributed by atoms with van der Waals surface area (Å²) in [5.41, 5.74) is 2.96. The average Bonchev–Trinajstić information content (AvgIpc) is 2.54. The van der Waals surface area contributed by atoms with E-state index in [1.54, 1.807) is 0 Å². The minimum absolute atomic E-state index is 0.163. The number of alkyl halides is 1. The van der Waals surface area contributed by atoms with Crippen molar-refractivity contribution in [1.29, 1.82) is 0 Å². The zero-order valence-corrected chi connectivity index (χ0v) is 15.1. The summed E-state index contributed by atoms with van der Waals surface area (Å²) in [6.45, 7) is 5.51. The summed E-state index contributed by atoms with van der Waals surface area (Å²) in [6.07, 6.45) is 0.228. The Balaban J connectivity index is 1.97. The van der Waals surface area contributed by atoms with Crippen molar-refractivity contribution in [1.82, 2.24) is 5.32 Å². The molecule has 0 aromatic heterocycles. The molecule has 0 radical (unpaired) electrons. The lowest BCUT2D eigenvalue weighted by molar-refractivity contribution is 0.0509. The Morgan fingerprint density at radius 2 is 1.62 bits per heavy atom. The van der Waals surface area contributed by atoms with Gasteiger partial charge < -0.3 is 10.1 Å². The minimum Gasteiger partial charge on any atom is -0.444 e. The zero-order valence-electron chi connectivity index (χ0n) is 14.4. The molecule has 1 amide bonds. The fraction of sp³-hybridized carbons (Fsp3) is 0.350. The van der Waals surface area contributed by atoms with Crippen LogP contribution >= 0.6 is 11.6 Å². The summed E-state index contributed by atoms with van der Waals surface area (Å²) < 4.78 is 5.28. The second-order valence-electron chi connectivity index (χ2n) is 6.76. The lowest BCUT2D eigenvalue weighted by Gasteiger charge is -2.22. The highest BCUT2D eigenvalue weighted by Crippen LogP contribution is 2.20. The average molecular weight is 346 g/mol. The molecule has 0 spiro atoms. The van der Waals surface area contributed by atoms with Crippen LogP contribution in [-0.4, -0.2) is 23.6 Å². The predicted molar refractivity (Wildman–Crippen MR) is 99.5 cm³/mol. The second kappa shape index (κ2) is 8.20. The fourth-order valence-electron chi connectivity index (χ4n) is 2.37. The van der Waals surface area contributed by atoms with E-state index in [0.717, 1.165) is 5.56 Å². The third-order valence-electron chi connectivity index (χ3n) is 3.45. The Bertz CT molecular complexity index is 648. The van der Waals surface area contributed by atoms with Gasteiger partial charge in [-0.05, 0) is 43.9 Å². The molecule has 0 aliphatic rings. The van der Waals surface area contributed by atoms with Gasteiger partial charge in [0.2, 0.25) is 0 Å².